The van der Waals surface area contributed by atoms with Crippen molar-refractivity contribution in [3.05, 3.63) is 59.1 Å². The van der Waals surface area contributed by atoms with Crippen LogP contribution >= 0.6 is 11.6 Å². The largest absolute Gasteiger partial charge is 0.354 e. The van der Waals surface area contributed by atoms with Crippen LogP contribution in [0, 0.1) is 6.92 Å². The van der Waals surface area contributed by atoms with Crippen molar-refractivity contribution in [3.8, 4) is 0 Å². The molecule has 0 fully saturated rings. The zero-order chi connectivity index (χ0) is 20.7. The maximum absolute atomic E-state index is 13.2. The summed E-state index contributed by atoms with van der Waals surface area (Å²) in [7, 11) is -0.00625. The lowest BCUT2D eigenvalue weighted by molar-refractivity contribution is -0.119. The molecule has 0 bridgehead atoms. The fourth-order valence-electron chi connectivity index (χ4n) is 2.58. The molecular weight excluding hydrogens is 398 g/mol. The molecular formula is C20H26ClN3O3S. The van der Waals surface area contributed by atoms with E-state index in [0.29, 0.717) is 17.3 Å². The first-order valence-corrected chi connectivity index (χ1v) is 10.8. The van der Waals surface area contributed by atoms with Gasteiger partial charge in [-0.2, -0.15) is 0 Å². The van der Waals surface area contributed by atoms with Crippen molar-refractivity contribution in [3.63, 3.8) is 0 Å². The molecule has 0 spiro atoms. The van der Waals surface area contributed by atoms with Gasteiger partial charge in [-0.15, -0.1) is 0 Å². The van der Waals surface area contributed by atoms with Crippen molar-refractivity contribution in [2.24, 2.45) is 0 Å². The zero-order valence-corrected chi connectivity index (χ0v) is 17.9. The Bertz CT molecular complexity index is 902. The molecule has 0 radical (unpaired) electrons. The van der Waals surface area contributed by atoms with Crippen LogP contribution in [0.2, 0.25) is 5.02 Å². The lowest BCUT2D eigenvalue weighted by Gasteiger charge is -2.24. The third-order valence-electron chi connectivity index (χ3n) is 4.17. The summed E-state index contributed by atoms with van der Waals surface area (Å²) in [6, 6.07) is 13.0. The molecule has 0 aromatic heterocycles. The molecule has 1 N–H and O–H groups in total. The number of carbonyl (C=O) groups excluding carboxylic acids is 1. The van der Waals surface area contributed by atoms with Crippen LogP contribution in [0.1, 0.15) is 12.0 Å². The number of hydrogen-bond acceptors (Lipinski definition) is 4. The molecule has 2 aromatic carbocycles. The van der Waals surface area contributed by atoms with Crippen LogP contribution in [0.3, 0.4) is 0 Å². The summed E-state index contributed by atoms with van der Waals surface area (Å²) in [6.07, 6.45) is 0.778. The minimum absolute atomic E-state index is 0.118. The molecule has 2 rings (SSSR count). The van der Waals surface area contributed by atoms with E-state index in [9.17, 15) is 13.2 Å². The van der Waals surface area contributed by atoms with Gasteiger partial charge in [-0.05, 0) is 63.8 Å². The average Bonchev–Trinajstić information content (AvgIpc) is 2.66. The first kappa shape index (κ1) is 22.2. The molecule has 152 valence electrons. The molecule has 28 heavy (non-hydrogen) atoms. The van der Waals surface area contributed by atoms with Gasteiger partial charge in [-0.3, -0.25) is 9.10 Å². The van der Waals surface area contributed by atoms with Gasteiger partial charge in [0.1, 0.15) is 6.54 Å². The Labute approximate surface area is 172 Å². The highest BCUT2D eigenvalue weighted by molar-refractivity contribution is 7.92. The number of benzene rings is 2. The summed E-state index contributed by atoms with van der Waals surface area (Å²) in [5.41, 5.74) is 1.18. The number of nitrogens with one attached hydrogen (secondary N) is 1. The van der Waals surface area contributed by atoms with E-state index in [1.165, 1.54) is 12.1 Å². The number of carbonyl (C=O) groups is 1. The maximum Gasteiger partial charge on any atom is 0.264 e. The van der Waals surface area contributed by atoms with Crippen LogP contribution in [0.25, 0.3) is 0 Å². The Morgan fingerprint density at radius 3 is 2.39 bits per heavy atom. The van der Waals surface area contributed by atoms with Crippen LogP contribution in [0.15, 0.2) is 53.4 Å². The minimum atomic E-state index is -3.92. The first-order valence-electron chi connectivity index (χ1n) is 8.97. The van der Waals surface area contributed by atoms with Gasteiger partial charge in [0, 0.05) is 11.6 Å². The van der Waals surface area contributed by atoms with Crippen molar-refractivity contribution in [2.45, 2.75) is 18.2 Å². The van der Waals surface area contributed by atoms with Crippen molar-refractivity contribution in [1.82, 2.24) is 10.2 Å². The third-order valence-corrected chi connectivity index (χ3v) is 6.36. The van der Waals surface area contributed by atoms with Crippen molar-refractivity contribution < 1.29 is 13.2 Å². The molecule has 0 saturated carbocycles. The normalized spacial score (nSPS) is 11.5. The Morgan fingerprint density at radius 2 is 1.79 bits per heavy atom. The zero-order valence-electron chi connectivity index (χ0n) is 16.4. The second-order valence-electron chi connectivity index (χ2n) is 6.77. The summed E-state index contributed by atoms with van der Waals surface area (Å²) in [4.78, 5) is 14.6. The lowest BCUT2D eigenvalue weighted by Crippen LogP contribution is -2.41. The Morgan fingerprint density at radius 1 is 1.11 bits per heavy atom. The van der Waals surface area contributed by atoms with Crippen molar-refractivity contribution in [1.29, 1.82) is 0 Å². The minimum Gasteiger partial charge on any atom is -0.354 e. The monoisotopic (exact) mass is 423 g/mol. The Hall–Kier alpha value is -2.09. The van der Waals surface area contributed by atoms with Gasteiger partial charge in [0.15, 0.2) is 0 Å². The molecule has 0 atom stereocenters. The highest BCUT2D eigenvalue weighted by Crippen LogP contribution is 2.27. The Kier molecular flexibility index (Phi) is 7.86. The highest BCUT2D eigenvalue weighted by atomic mass is 35.5. The average molecular weight is 424 g/mol. The van der Waals surface area contributed by atoms with Gasteiger partial charge < -0.3 is 10.2 Å². The molecule has 1 amide bonds. The molecule has 6 nitrogen and oxygen atoms in total. The molecule has 0 saturated heterocycles. The van der Waals surface area contributed by atoms with Crippen LogP contribution in [-0.2, 0) is 14.8 Å². The second kappa shape index (κ2) is 9.91. The van der Waals surface area contributed by atoms with E-state index in [2.05, 4.69) is 5.32 Å². The second-order valence-corrected chi connectivity index (χ2v) is 9.03. The molecule has 0 heterocycles. The van der Waals surface area contributed by atoms with Gasteiger partial charge in [0.05, 0.1) is 10.6 Å². The van der Waals surface area contributed by atoms with Crippen molar-refractivity contribution in [2.75, 3.05) is 38.0 Å². The van der Waals surface area contributed by atoms with Crippen LogP contribution in [-0.4, -0.2) is 53.0 Å². The fraction of sp³-hybridized carbons (Fsp3) is 0.350. The van der Waals surface area contributed by atoms with Gasteiger partial charge in [-0.25, -0.2) is 8.42 Å². The third kappa shape index (κ3) is 5.95. The molecule has 0 aliphatic rings. The topological polar surface area (TPSA) is 69.7 Å². The van der Waals surface area contributed by atoms with E-state index in [-0.39, 0.29) is 17.3 Å². The summed E-state index contributed by atoms with van der Waals surface area (Å²) in [6.45, 7) is 2.82. The predicted octanol–water partition coefficient (Wildman–Crippen LogP) is 2.91. The smallest absolute Gasteiger partial charge is 0.264 e. The SMILES string of the molecule is Cc1ccc(N(CC(=O)NCCCN(C)C)S(=O)(=O)c2ccccc2)cc1Cl. The molecule has 0 aliphatic heterocycles. The van der Waals surface area contributed by atoms with Gasteiger partial charge in [0.2, 0.25) is 5.91 Å². The fourth-order valence-corrected chi connectivity index (χ4v) is 4.19. The van der Waals surface area contributed by atoms with E-state index in [1.54, 1.807) is 36.4 Å². The van der Waals surface area contributed by atoms with Crippen LogP contribution in [0.4, 0.5) is 5.69 Å². The highest BCUT2D eigenvalue weighted by Gasteiger charge is 2.27. The van der Waals surface area contributed by atoms with Gasteiger partial charge in [0.25, 0.3) is 10.0 Å². The van der Waals surface area contributed by atoms with Crippen LogP contribution in [0.5, 0.6) is 0 Å². The number of nitrogens with zero attached hydrogens (tertiary/aromatic N) is 2. The van der Waals surface area contributed by atoms with Crippen molar-refractivity contribution >= 4 is 33.2 Å². The van der Waals surface area contributed by atoms with Crippen LogP contribution < -0.4 is 9.62 Å². The number of rotatable bonds is 9. The molecule has 2 aromatic rings. The number of sulfonamides is 1. The number of amides is 1. The molecule has 0 unspecified atom stereocenters. The first-order chi connectivity index (χ1) is 13.2. The van der Waals surface area contributed by atoms with Gasteiger partial charge >= 0.3 is 0 Å². The van der Waals surface area contributed by atoms with E-state index in [4.69, 9.17) is 11.6 Å². The lowest BCUT2D eigenvalue weighted by atomic mass is 10.2. The van der Waals surface area contributed by atoms with E-state index < -0.39 is 10.0 Å². The Balaban J connectivity index is 2.27. The predicted molar refractivity (Wildman–Crippen MR) is 113 cm³/mol. The molecule has 8 heteroatoms. The quantitative estimate of drug-likeness (QED) is 0.629. The van der Waals surface area contributed by atoms with E-state index in [1.807, 2.05) is 25.9 Å². The van der Waals surface area contributed by atoms with E-state index in [0.717, 1.165) is 22.8 Å². The summed E-state index contributed by atoms with van der Waals surface area (Å²) in [5, 5.41) is 3.22. The summed E-state index contributed by atoms with van der Waals surface area (Å²) >= 11 is 6.20. The maximum atomic E-state index is 13.2. The van der Waals surface area contributed by atoms with Gasteiger partial charge in [-0.1, -0.05) is 35.9 Å². The summed E-state index contributed by atoms with van der Waals surface area (Å²) < 4.78 is 27.5. The number of halogens is 1. The summed E-state index contributed by atoms with van der Waals surface area (Å²) in [5.74, 6) is -0.366. The number of aryl methyl sites for hydroxylation is 1. The number of hydrogen-bond donors (Lipinski definition) is 1. The molecule has 0 aliphatic carbocycles. The number of anilines is 1. The standard InChI is InChI=1S/C20H26ClN3O3S/c1-16-10-11-17(14-19(16)21)24(15-20(25)22-12-7-13-23(2)3)28(26,27)18-8-5-4-6-9-18/h4-6,8-11,14H,7,12-13,15H2,1-3H3,(H,22,25). The van der Waals surface area contributed by atoms with E-state index >= 15 is 0 Å².